The molecule has 176 valence electrons. The van der Waals surface area contributed by atoms with Crippen molar-refractivity contribution in [2.24, 2.45) is 5.10 Å². The fourth-order valence-electron chi connectivity index (χ4n) is 2.93. The van der Waals surface area contributed by atoms with Gasteiger partial charge >= 0.3 is 0 Å². The lowest BCUT2D eigenvalue weighted by molar-refractivity contribution is -0.118. The van der Waals surface area contributed by atoms with E-state index in [0.29, 0.717) is 39.1 Å². The van der Waals surface area contributed by atoms with Gasteiger partial charge in [0, 0.05) is 21.8 Å². The van der Waals surface area contributed by atoms with Crippen molar-refractivity contribution in [2.75, 3.05) is 26.1 Å². The first-order valence-electron chi connectivity index (χ1n) is 10.2. The lowest BCUT2D eigenvalue weighted by Crippen LogP contribution is -2.20. The monoisotopic (exact) mass is 481 g/mol. The number of carbonyl (C=O) groups excluding carboxylic acids is 2. The van der Waals surface area contributed by atoms with Crippen LogP contribution < -0.4 is 25.0 Å². The number of ether oxygens (including phenoxy) is 3. The number of carbonyl (C=O) groups is 2. The summed E-state index contributed by atoms with van der Waals surface area (Å²) >= 11 is 6.09. The first-order chi connectivity index (χ1) is 16.4. The maximum absolute atomic E-state index is 12.4. The predicted molar refractivity (Wildman–Crippen MR) is 131 cm³/mol. The van der Waals surface area contributed by atoms with Crippen LogP contribution in [0.2, 0.25) is 5.02 Å². The van der Waals surface area contributed by atoms with Crippen molar-refractivity contribution in [1.82, 2.24) is 5.43 Å². The van der Waals surface area contributed by atoms with Crippen LogP contribution in [0.15, 0.2) is 65.8 Å². The van der Waals surface area contributed by atoms with E-state index in [0.717, 1.165) is 5.56 Å². The molecule has 0 aliphatic rings. The van der Waals surface area contributed by atoms with Gasteiger partial charge in [-0.2, -0.15) is 5.10 Å². The Morgan fingerprint density at radius 3 is 2.35 bits per heavy atom. The average Bonchev–Trinajstić information content (AvgIpc) is 2.84. The Hall–Kier alpha value is -4.04. The van der Waals surface area contributed by atoms with Gasteiger partial charge in [0.2, 0.25) is 0 Å². The van der Waals surface area contributed by atoms with Crippen LogP contribution >= 0.6 is 11.6 Å². The fourth-order valence-corrected chi connectivity index (χ4v) is 3.11. The zero-order valence-electron chi connectivity index (χ0n) is 18.9. The smallest absolute Gasteiger partial charge is 0.271 e. The van der Waals surface area contributed by atoms with Crippen molar-refractivity contribution in [3.05, 3.63) is 82.4 Å². The van der Waals surface area contributed by atoms with Crippen LogP contribution in [0.25, 0.3) is 0 Å². The van der Waals surface area contributed by atoms with Gasteiger partial charge in [-0.15, -0.1) is 0 Å². The molecule has 0 bridgehead atoms. The van der Waals surface area contributed by atoms with Gasteiger partial charge in [0.05, 0.1) is 20.4 Å². The zero-order chi connectivity index (χ0) is 24.5. The van der Waals surface area contributed by atoms with E-state index in [9.17, 15) is 9.59 Å². The Morgan fingerprint density at radius 1 is 0.941 bits per heavy atom. The van der Waals surface area contributed by atoms with Gasteiger partial charge in [0.25, 0.3) is 11.8 Å². The van der Waals surface area contributed by atoms with Crippen LogP contribution in [0.1, 0.15) is 21.5 Å². The molecule has 0 saturated carbocycles. The van der Waals surface area contributed by atoms with Gasteiger partial charge in [-0.05, 0) is 55.5 Å². The van der Waals surface area contributed by atoms with Crippen LogP contribution in [0.5, 0.6) is 17.2 Å². The number of rotatable bonds is 9. The highest BCUT2D eigenvalue weighted by atomic mass is 35.5. The number of anilines is 1. The Labute approximate surface area is 202 Å². The van der Waals surface area contributed by atoms with Crippen LogP contribution in [0.3, 0.4) is 0 Å². The summed E-state index contributed by atoms with van der Waals surface area (Å²) in [7, 11) is 3.00. The number of hydrazone groups is 1. The largest absolute Gasteiger partial charge is 0.493 e. The second-order valence-corrected chi connectivity index (χ2v) is 7.59. The van der Waals surface area contributed by atoms with E-state index in [-0.39, 0.29) is 12.5 Å². The minimum absolute atomic E-state index is 0.214. The molecule has 2 N–H and O–H groups in total. The molecular weight excluding hydrogens is 458 g/mol. The Balaban J connectivity index is 1.63. The number of benzene rings is 3. The normalized spacial score (nSPS) is 10.6. The lowest BCUT2D eigenvalue weighted by Gasteiger charge is -2.10. The second kappa shape index (κ2) is 11.7. The zero-order valence-corrected chi connectivity index (χ0v) is 19.7. The summed E-state index contributed by atoms with van der Waals surface area (Å²) in [5.74, 6) is 0.554. The summed E-state index contributed by atoms with van der Waals surface area (Å²) in [6.45, 7) is 1.75. The Morgan fingerprint density at radius 2 is 1.65 bits per heavy atom. The molecule has 0 spiro atoms. The Kier molecular flexibility index (Phi) is 8.48. The number of hydrogen-bond donors (Lipinski definition) is 2. The molecule has 0 fully saturated rings. The molecule has 0 heterocycles. The molecular formula is C25H24ClN3O5. The van der Waals surface area contributed by atoms with Gasteiger partial charge in [-0.25, -0.2) is 5.43 Å². The van der Waals surface area contributed by atoms with E-state index in [2.05, 4.69) is 15.8 Å². The number of nitrogens with one attached hydrogen (secondary N) is 2. The number of amides is 2. The molecule has 2 amide bonds. The first-order valence-corrected chi connectivity index (χ1v) is 10.6. The molecule has 0 aromatic heterocycles. The van der Waals surface area contributed by atoms with Crippen LogP contribution in [0.4, 0.5) is 5.69 Å². The number of nitrogens with zero attached hydrogens (tertiary/aromatic N) is 1. The van der Waals surface area contributed by atoms with Gasteiger partial charge in [0.15, 0.2) is 18.1 Å². The van der Waals surface area contributed by atoms with Gasteiger partial charge < -0.3 is 19.5 Å². The SMILES string of the molecule is COc1ccc(C(=O)N/N=C/c2cc(Cl)ccc2OCC(=O)Nc2ccc(C)cc2)cc1OC. The molecule has 0 unspecified atom stereocenters. The maximum atomic E-state index is 12.4. The van der Waals surface area contributed by atoms with E-state index in [1.165, 1.54) is 20.4 Å². The minimum atomic E-state index is -0.445. The molecule has 8 nitrogen and oxygen atoms in total. The van der Waals surface area contributed by atoms with Crippen molar-refractivity contribution in [3.8, 4) is 17.2 Å². The van der Waals surface area contributed by atoms with Crippen LogP contribution in [0, 0.1) is 6.92 Å². The highest BCUT2D eigenvalue weighted by Gasteiger charge is 2.11. The average molecular weight is 482 g/mol. The predicted octanol–water partition coefficient (Wildman–Crippen LogP) is 4.45. The van der Waals surface area contributed by atoms with E-state index < -0.39 is 5.91 Å². The number of methoxy groups -OCH3 is 2. The van der Waals surface area contributed by atoms with Gasteiger partial charge in [-0.1, -0.05) is 29.3 Å². The van der Waals surface area contributed by atoms with E-state index in [4.69, 9.17) is 25.8 Å². The van der Waals surface area contributed by atoms with Crippen LogP contribution in [-0.4, -0.2) is 38.9 Å². The number of hydrogen-bond acceptors (Lipinski definition) is 6. The van der Waals surface area contributed by atoms with E-state index >= 15 is 0 Å². The molecule has 34 heavy (non-hydrogen) atoms. The molecule has 0 aliphatic carbocycles. The molecule has 3 aromatic carbocycles. The third-order valence-corrected chi connectivity index (χ3v) is 4.92. The quantitative estimate of drug-likeness (QED) is 0.347. The first kappa shape index (κ1) is 24.6. The van der Waals surface area contributed by atoms with Crippen LogP contribution in [-0.2, 0) is 4.79 Å². The topological polar surface area (TPSA) is 98.3 Å². The Bertz CT molecular complexity index is 1200. The third kappa shape index (κ3) is 6.73. The minimum Gasteiger partial charge on any atom is -0.493 e. The van der Waals surface area contributed by atoms with Crippen molar-refractivity contribution >= 4 is 35.3 Å². The number of aryl methyl sites for hydroxylation is 1. The molecule has 9 heteroatoms. The molecule has 0 atom stereocenters. The molecule has 3 rings (SSSR count). The summed E-state index contributed by atoms with van der Waals surface area (Å²) in [4.78, 5) is 24.7. The summed E-state index contributed by atoms with van der Waals surface area (Å²) in [6.07, 6.45) is 1.39. The lowest BCUT2D eigenvalue weighted by atomic mass is 10.2. The van der Waals surface area contributed by atoms with Crippen molar-refractivity contribution in [2.45, 2.75) is 6.92 Å². The van der Waals surface area contributed by atoms with E-state index in [1.54, 1.807) is 36.4 Å². The second-order valence-electron chi connectivity index (χ2n) is 7.15. The summed E-state index contributed by atoms with van der Waals surface area (Å²) < 4.78 is 16.0. The standard InChI is InChI=1S/C25H24ClN3O5/c1-16-4-8-20(9-5-16)28-24(30)15-34-21-11-7-19(26)12-18(21)14-27-29-25(31)17-6-10-22(32-2)23(13-17)33-3/h4-14H,15H2,1-3H3,(H,28,30)(H,29,31)/b27-14+. The molecule has 3 aromatic rings. The molecule has 0 radical (unpaired) electrons. The maximum Gasteiger partial charge on any atom is 0.271 e. The highest BCUT2D eigenvalue weighted by molar-refractivity contribution is 6.30. The van der Waals surface area contributed by atoms with Gasteiger partial charge in [-0.3, -0.25) is 9.59 Å². The van der Waals surface area contributed by atoms with Crippen molar-refractivity contribution in [1.29, 1.82) is 0 Å². The van der Waals surface area contributed by atoms with E-state index in [1.807, 2.05) is 31.2 Å². The van der Waals surface area contributed by atoms with Crippen molar-refractivity contribution < 1.29 is 23.8 Å². The summed E-state index contributed by atoms with van der Waals surface area (Å²) in [5.41, 5.74) is 5.04. The fraction of sp³-hybridized carbons (Fsp3) is 0.160. The highest BCUT2D eigenvalue weighted by Crippen LogP contribution is 2.27. The number of halogens is 1. The third-order valence-electron chi connectivity index (χ3n) is 4.68. The summed E-state index contributed by atoms with van der Waals surface area (Å²) in [5, 5.41) is 7.20. The summed E-state index contributed by atoms with van der Waals surface area (Å²) in [6, 6.07) is 17.1. The van der Waals surface area contributed by atoms with Gasteiger partial charge in [0.1, 0.15) is 5.75 Å². The molecule has 0 saturated heterocycles. The van der Waals surface area contributed by atoms with Crippen molar-refractivity contribution in [3.63, 3.8) is 0 Å². The molecule has 0 aliphatic heterocycles.